The summed E-state index contributed by atoms with van der Waals surface area (Å²) in [6.07, 6.45) is 3.33. The lowest BCUT2D eigenvalue weighted by atomic mass is 10.0. The molecule has 1 aliphatic heterocycles. The van der Waals surface area contributed by atoms with E-state index in [1.807, 2.05) is 0 Å². The summed E-state index contributed by atoms with van der Waals surface area (Å²) in [5, 5.41) is 3.41. The Labute approximate surface area is 144 Å². The van der Waals surface area contributed by atoms with Crippen LogP contribution in [0.1, 0.15) is 31.7 Å². The molecule has 5 heteroatoms. The van der Waals surface area contributed by atoms with Gasteiger partial charge in [-0.25, -0.2) is 0 Å². The van der Waals surface area contributed by atoms with E-state index >= 15 is 0 Å². The molecule has 0 bridgehead atoms. The molecule has 2 rings (SSSR count). The van der Waals surface area contributed by atoms with Gasteiger partial charge in [0.05, 0.1) is 15.6 Å². The van der Waals surface area contributed by atoms with Gasteiger partial charge in [-0.15, -0.1) is 0 Å². The van der Waals surface area contributed by atoms with Crippen molar-refractivity contribution in [2.45, 2.75) is 32.7 Å². The summed E-state index contributed by atoms with van der Waals surface area (Å²) in [7, 11) is 0. The molecule has 118 valence electrons. The van der Waals surface area contributed by atoms with Crippen molar-refractivity contribution in [1.82, 2.24) is 5.32 Å². The van der Waals surface area contributed by atoms with Crippen molar-refractivity contribution in [3.63, 3.8) is 0 Å². The van der Waals surface area contributed by atoms with E-state index in [0.717, 1.165) is 66.9 Å². The molecule has 1 aromatic carbocycles. The van der Waals surface area contributed by atoms with E-state index in [0.29, 0.717) is 5.92 Å². The molecule has 3 nitrogen and oxygen atoms in total. The average Bonchev–Trinajstić information content (AvgIpc) is 2.48. The fourth-order valence-corrected chi connectivity index (χ4v) is 3.89. The quantitative estimate of drug-likeness (QED) is 0.658. The van der Waals surface area contributed by atoms with Crippen molar-refractivity contribution < 1.29 is 9.47 Å². The molecule has 0 amide bonds. The van der Waals surface area contributed by atoms with Gasteiger partial charge in [0.1, 0.15) is 5.75 Å². The minimum absolute atomic E-state index is 0.600. The molecule has 0 aliphatic carbocycles. The summed E-state index contributed by atoms with van der Waals surface area (Å²) in [4.78, 5) is 0. The molecule has 1 saturated heterocycles. The van der Waals surface area contributed by atoms with Crippen LogP contribution in [0.25, 0.3) is 0 Å². The van der Waals surface area contributed by atoms with Crippen molar-refractivity contribution >= 4 is 31.9 Å². The Bertz CT molecular complexity index is 425. The van der Waals surface area contributed by atoms with Gasteiger partial charge in [0.2, 0.25) is 0 Å². The Morgan fingerprint density at radius 3 is 2.52 bits per heavy atom. The summed E-state index contributed by atoms with van der Waals surface area (Å²) < 4.78 is 13.4. The van der Waals surface area contributed by atoms with Crippen LogP contribution in [0, 0.1) is 5.92 Å². The zero-order chi connectivity index (χ0) is 15.1. The summed E-state index contributed by atoms with van der Waals surface area (Å²) in [6.45, 7) is 6.57. The normalized spacial score (nSPS) is 16.1. The molecule has 0 unspecified atom stereocenters. The van der Waals surface area contributed by atoms with Crippen LogP contribution in [-0.4, -0.2) is 26.4 Å². The van der Waals surface area contributed by atoms with Crippen LogP contribution in [0.4, 0.5) is 0 Å². The molecule has 0 spiro atoms. The van der Waals surface area contributed by atoms with Crippen molar-refractivity contribution in [1.29, 1.82) is 0 Å². The van der Waals surface area contributed by atoms with Crippen LogP contribution >= 0.6 is 31.9 Å². The van der Waals surface area contributed by atoms with Crippen LogP contribution in [0.15, 0.2) is 21.1 Å². The second-order valence-corrected chi connectivity index (χ2v) is 7.14. The summed E-state index contributed by atoms with van der Waals surface area (Å²) in [5.41, 5.74) is 1.25. The lowest BCUT2D eigenvalue weighted by molar-refractivity contribution is 0.0495. The molecule has 21 heavy (non-hydrogen) atoms. The maximum atomic E-state index is 6.02. The van der Waals surface area contributed by atoms with Crippen LogP contribution in [0.3, 0.4) is 0 Å². The number of halogens is 2. The van der Waals surface area contributed by atoms with Gasteiger partial charge in [-0.2, -0.15) is 0 Å². The molecular formula is C16H23Br2NO2. The van der Waals surface area contributed by atoms with E-state index < -0.39 is 0 Å². The fraction of sp³-hybridized carbons (Fsp3) is 0.625. The van der Waals surface area contributed by atoms with Crippen LogP contribution in [-0.2, 0) is 11.3 Å². The third-order valence-corrected chi connectivity index (χ3v) is 4.80. The molecule has 0 radical (unpaired) electrons. The minimum Gasteiger partial charge on any atom is -0.491 e. The smallest absolute Gasteiger partial charge is 0.147 e. The maximum Gasteiger partial charge on any atom is 0.147 e. The third-order valence-electron chi connectivity index (χ3n) is 3.62. The van der Waals surface area contributed by atoms with Crippen LogP contribution in [0.5, 0.6) is 5.75 Å². The first-order valence-corrected chi connectivity index (χ1v) is 9.18. The van der Waals surface area contributed by atoms with E-state index in [-0.39, 0.29) is 0 Å². The second kappa shape index (κ2) is 9.13. The molecule has 1 fully saturated rings. The predicted molar refractivity (Wildman–Crippen MR) is 92.9 cm³/mol. The SMILES string of the molecule is CCCNCc1cc(Br)c(OCC2CCOCC2)c(Br)c1. The van der Waals surface area contributed by atoms with Gasteiger partial charge in [0, 0.05) is 19.8 Å². The second-order valence-electron chi connectivity index (χ2n) is 5.43. The molecule has 1 N–H and O–H groups in total. The summed E-state index contributed by atoms with van der Waals surface area (Å²) >= 11 is 7.25. The molecule has 0 aromatic heterocycles. The molecule has 1 aromatic rings. The minimum atomic E-state index is 0.600. The number of nitrogens with one attached hydrogen (secondary N) is 1. The standard InChI is InChI=1S/C16H23Br2NO2/c1-2-5-19-10-13-8-14(17)16(15(18)9-13)21-11-12-3-6-20-7-4-12/h8-9,12,19H,2-7,10-11H2,1H3. The Hall–Kier alpha value is -0.100. The molecule has 0 atom stereocenters. The molecule has 0 saturated carbocycles. The van der Waals surface area contributed by atoms with Gasteiger partial charge in [-0.3, -0.25) is 0 Å². The van der Waals surface area contributed by atoms with Gasteiger partial charge >= 0.3 is 0 Å². The highest BCUT2D eigenvalue weighted by Gasteiger charge is 2.16. The highest BCUT2D eigenvalue weighted by Crippen LogP contribution is 2.35. The number of ether oxygens (including phenoxy) is 2. The molecule has 1 heterocycles. The summed E-state index contributed by atoms with van der Waals surface area (Å²) in [5.74, 6) is 1.50. The van der Waals surface area contributed by atoms with Gasteiger partial charge in [-0.1, -0.05) is 6.92 Å². The zero-order valence-corrected chi connectivity index (χ0v) is 15.6. The number of hydrogen-bond donors (Lipinski definition) is 1. The van der Waals surface area contributed by atoms with E-state index in [9.17, 15) is 0 Å². The monoisotopic (exact) mass is 419 g/mol. The first kappa shape index (κ1) is 17.3. The topological polar surface area (TPSA) is 30.5 Å². The van der Waals surface area contributed by atoms with Crippen LogP contribution < -0.4 is 10.1 Å². The van der Waals surface area contributed by atoms with Gasteiger partial charge in [-0.05, 0) is 81.3 Å². The van der Waals surface area contributed by atoms with E-state index in [1.165, 1.54) is 5.56 Å². The Balaban J connectivity index is 1.92. The van der Waals surface area contributed by atoms with Gasteiger partial charge in [0.15, 0.2) is 0 Å². The predicted octanol–water partition coefficient (Wildman–Crippen LogP) is 4.52. The van der Waals surface area contributed by atoms with Crippen molar-refractivity contribution in [3.05, 3.63) is 26.6 Å². The Kier molecular flexibility index (Phi) is 7.50. The third kappa shape index (κ3) is 5.55. The van der Waals surface area contributed by atoms with E-state index in [1.54, 1.807) is 0 Å². The van der Waals surface area contributed by atoms with Gasteiger partial charge in [0.25, 0.3) is 0 Å². The van der Waals surface area contributed by atoms with Gasteiger partial charge < -0.3 is 14.8 Å². The lowest BCUT2D eigenvalue weighted by Gasteiger charge is -2.23. The number of rotatable bonds is 7. The number of benzene rings is 1. The van der Waals surface area contributed by atoms with Crippen molar-refractivity contribution in [2.24, 2.45) is 5.92 Å². The zero-order valence-electron chi connectivity index (χ0n) is 12.5. The number of hydrogen-bond acceptors (Lipinski definition) is 3. The maximum absolute atomic E-state index is 6.02. The molecular weight excluding hydrogens is 398 g/mol. The first-order valence-electron chi connectivity index (χ1n) is 7.60. The van der Waals surface area contributed by atoms with E-state index in [4.69, 9.17) is 9.47 Å². The Morgan fingerprint density at radius 1 is 1.24 bits per heavy atom. The van der Waals surface area contributed by atoms with E-state index in [2.05, 4.69) is 56.2 Å². The average molecular weight is 421 g/mol. The largest absolute Gasteiger partial charge is 0.491 e. The highest BCUT2D eigenvalue weighted by atomic mass is 79.9. The van der Waals surface area contributed by atoms with Crippen LogP contribution in [0.2, 0.25) is 0 Å². The molecule has 1 aliphatic rings. The van der Waals surface area contributed by atoms with Crippen molar-refractivity contribution in [2.75, 3.05) is 26.4 Å². The first-order chi connectivity index (χ1) is 10.2. The highest BCUT2D eigenvalue weighted by molar-refractivity contribution is 9.11. The lowest BCUT2D eigenvalue weighted by Crippen LogP contribution is -2.21. The Morgan fingerprint density at radius 2 is 1.90 bits per heavy atom. The van der Waals surface area contributed by atoms with Crippen molar-refractivity contribution in [3.8, 4) is 5.75 Å². The summed E-state index contributed by atoms with van der Waals surface area (Å²) in [6, 6.07) is 4.26. The fourth-order valence-electron chi connectivity index (χ4n) is 2.38.